The zero-order valence-corrected chi connectivity index (χ0v) is 23.3. The Morgan fingerprint density at radius 3 is 1.88 bits per heavy atom. The van der Waals surface area contributed by atoms with Crippen molar-refractivity contribution in [2.45, 2.75) is 9.79 Å². The second kappa shape index (κ2) is 9.16. The lowest BCUT2D eigenvalue weighted by atomic mass is 10.0. The summed E-state index contributed by atoms with van der Waals surface area (Å²) in [5, 5.41) is 2.56. The molecule has 1 aliphatic heterocycles. The number of rotatable bonds is 3. The number of benzene rings is 6. The van der Waals surface area contributed by atoms with E-state index in [1.54, 1.807) is 0 Å². The smallest absolute Gasteiger partial charge is 0.0973 e. The quantitative estimate of drug-likeness (QED) is 0.218. The molecule has 0 bridgehead atoms. The average molecular weight is 554 g/mol. The molecular weight excluding hydrogens is 531 g/mol. The minimum atomic E-state index is 0.898. The van der Waals surface area contributed by atoms with Crippen LogP contribution >= 0.6 is 11.8 Å². The molecule has 9 rings (SSSR count). The van der Waals surface area contributed by atoms with Crippen molar-refractivity contribution in [2.24, 2.45) is 0 Å². The van der Waals surface area contributed by atoms with E-state index in [0.29, 0.717) is 0 Å². The van der Waals surface area contributed by atoms with Crippen molar-refractivity contribution in [2.75, 3.05) is 0 Å². The summed E-state index contributed by atoms with van der Waals surface area (Å²) in [6.45, 7) is 0. The van der Waals surface area contributed by atoms with Crippen molar-refractivity contribution in [3.8, 4) is 39.3 Å². The maximum atomic E-state index is 5.16. The monoisotopic (exact) mass is 553 g/mol. The van der Waals surface area contributed by atoms with Crippen LogP contribution in [0, 0.1) is 0 Å². The molecule has 0 fully saturated rings. The largest absolute Gasteiger partial charge is 0.307 e. The first-order valence-electron chi connectivity index (χ1n) is 14.1. The number of fused-ring (bicyclic) bond motifs is 6. The van der Waals surface area contributed by atoms with Crippen LogP contribution in [0.2, 0.25) is 0 Å². The van der Waals surface area contributed by atoms with Crippen LogP contribution in [-0.2, 0) is 0 Å². The van der Waals surface area contributed by atoms with Crippen LogP contribution in [0.4, 0.5) is 0 Å². The molecule has 8 aromatic rings. The molecule has 6 aromatic carbocycles. The Kier molecular flexibility index (Phi) is 5.13. The summed E-state index contributed by atoms with van der Waals surface area (Å²) < 4.78 is 2.45. The van der Waals surface area contributed by atoms with Crippen molar-refractivity contribution in [3.05, 3.63) is 140 Å². The first-order chi connectivity index (χ1) is 20.8. The molecule has 0 spiro atoms. The molecule has 0 saturated carbocycles. The van der Waals surface area contributed by atoms with E-state index < -0.39 is 0 Å². The Morgan fingerprint density at radius 1 is 0.452 bits per heavy atom. The van der Waals surface area contributed by atoms with E-state index in [-0.39, 0.29) is 0 Å². The molecule has 0 unspecified atom stereocenters. The van der Waals surface area contributed by atoms with Gasteiger partial charge in [-0.25, -0.2) is 9.97 Å². The maximum Gasteiger partial charge on any atom is 0.0973 e. The van der Waals surface area contributed by atoms with Gasteiger partial charge in [0.25, 0.3) is 0 Å². The van der Waals surface area contributed by atoms with Crippen molar-refractivity contribution >= 4 is 44.6 Å². The molecule has 0 saturated heterocycles. The molecule has 42 heavy (non-hydrogen) atoms. The summed E-state index contributed by atoms with van der Waals surface area (Å²) >= 11 is 1.84. The van der Waals surface area contributed by atoms with Gasteiger partial charge in [-0.1, -0.05) is 115 Å². The number of nitrogens with zero attached hydrogens (tertiary/aromatic N) is 3. The zero-order chi connectivity index (χ0) is 27.6. The lowest BCUT2D eigenvalue weighted by Crippen LogP contribution is -2.02. The van der Waals surface area contributed by atoms with Crippen LogP contribution in [0.25, 0.3) is 72.2 Å². The van der Waals surface area contributed by atoms with Crippen LogP contribution < -0.4 is 0 Å². The highest BCUT2D eigenvalue weighted by Crippen LogP contribution is 2.48. The summed E-state index contributed by atoms with van der Waals surface area (Å²) in [5.74, 6) is 0. The molecule has 0 radical (unpaired) electrons. The standard InChI is InChI=1S/C38H23N3S/c1-3-10-24(11-4-1)26-18-20-28-29-14-9-17-34-38(29)41(33(28)22-26)32-21-19-27(23-35(32)42-34)37-36(25-12-5-2-6-13-25)39-30-15-7-8-16-31(30)40-37/h1-23H. The molecular formula is C38H23N3S. The molecule has 0 aliphatic carbocycles. The molecule has 0 amide bonds. The lowest BCUT2D eigenvalue weighted by molar-refractivity contribution is 1.09. The van der Waals surface area contributed by atoms with Gasteiger partial charge in [0.05, 0.1) is 39.1 Å². The second-order valence-corrected chi connectivity index (χ2v) is 11.7. The Hall–Kier alpha value is -5.19. The number of hydrogen-bond donors (Lipinski definition) is 0. The SMILES string of the molecule is c1ccc(-c2ccc3c4cccc5c4n(c3c2)-c2ccc(-c3nc4ccccc4nc3-c3ccccc3)cc2S5)cc1. The minimum absolute atomic E-state index is 0.898. The highest BCUT2D eigenvalue weighted by atomic mass is 32.2. The van der Waals surface area contributed by atoms with E-state index in [4.69, 9.17) is 9.97 Å². The fraction of sp³-hybridized carbons (Fsp3) is 0. The number of hydrogen-bond acceptors (Lipinski definition) is 3. The van der Waals surface area contributed by atoms with E-state index in [0.717, 1.165) is 33.5 Å². The fourth-order valence-corrected chi connectivity index (χ4v) is 7.35. The van der Waals surface area contributed by atoms with Crippen molar-refractivity contribution in [1.29, 1.82) is 0 Å². The van der Waals surface area contributed by atoms with E-state index in [1.807, 2.05) is 42.1 Å². The summed E-state index contributed by atoms with van der Waals surface area (Å²) in [7, 11) is 0. The van der Waals surface area contributed by atoms with Gasteiger partial charge >= 0.3 is 0 Å². The van der Waals surface area contributed by atoms with Crippen LogP contribution in [0.1, 0.15) is 0 Å². The second-order valence-electron chi connectivity index (χ2n) is 10.6. The van der Waals surface area contributed by atoms with Crippen molar-refractivity contribution in [1.82, 2.24) is 14.5 Å². The minimum Gasteiger partial charge on any atom is -0.307 e. The summed E-state index contributed by atoms with van der Waals surface area (Å²) in [6.07, 6.45) is 0. The average Bonchev–Trinajstić information content (AvgIpc) is 3.40. The molecule has 0 atom stereocenters. The Morgan fingerprint density at radius 2 is 1.12 bits per heavy atom. The van der Waals surface area contributed by atoms with Gasteiger partial charge < -0.3 is 4.57 Å². The number of para-hydroxylation sites is 3. The van der Waals surface area contributed by atoms with Crippen LogP contribution in [0.15, 0.2) is 149 Å². The first-order valence-corrected chi connectivity index (χ1v) is 14.9. The summed E-state index contributed by atoms with van der Waals surface area (Å²) in [4.78, 5) is 12.7. The molecule has 2 aromatic heterocycles. The molecule has 4 heteroatoms. The van der Waals surface area contributed by atoms with E-state index in [2.05, 4.69) is 114 Å². The van der Waals surface area contributed by atoms with Gasteiger partial charge in [-0.2, -0.15) is 0 Å². The normalized spacial score (nSPS) is 12.2. The van der Waals surface area contributed by atoms with Gasteiger partial charge in [-0.05, 0) is 47.5 Å². The van der Waals surface area contributed by atoms with Gasteiger partial charge in [-0.3, -0.25) is 0 Å². The van der Waals surface area contributed by atoms with Crippen molar-refractivity contribution in [3.63, 3.8) is 0 Å². The third-order valence-corrected chi connectivity index (χ3v) is 9.27. The molecule has 196 valence electrons. The van der Waals surface area contributed by atoms with Gasteiger partial charge in [-0.15, -0.1) is 0 Å². The predicted octanol–water partition coefficient (Wildman–Crippen LogP) is 10.2. The summed E-state index contributed by atoms with van der Waals surface area (Å²) in [6, 6.07) is 49.4. The Balaban J connectivity index is 1.28. The third-order valence-electron chi connectivity index (χ3n) is 8.17. The molecule has 3 nitrogen and oxygen atoms in total. The lowest BCUT2D eigenvalue weighted by Gasteiger charge is -2.21. The van der Waals surface area contributed by atoms with Crippen LogP contribution in [-0.4, -0.2) is 14.5 Å². The molecule has 1 aliphatic rings. The third kappa shape index (κ3) is 3.55. The zero-order valence-electron chi connectivity index (χ0n) is 22.5. The predicted molar refractivity (Wildman–Crippen MR) is 174 cm³/mol. The van der Waals surface area contributed by atoms with Crippen LogP contribution in [0.5, 0.6) is 0 Å². The maximum absolute atomic E-state index is 5.16. The Bertz CT molecular complexity index is 2320. The molecule has 3 heterocycles. The molecule has 0 N–H and O–H groups in total. The topological polar surface area (TPSA) is 30.7 Å². The highest BCUT2D eigenvalue weighted by molar-refractivity contribution is 7.99. The summed E-state index contributed by atoms with van der Waals surface area (Å²) in [5.41, 5.74) is 11.9. The fourth-order valence-electron chi connectivity index (χ4n) is 6.22. The van der Waals surface area contributed by atoms with E-state index >= 15 is 0 Å². The van der Waals surface area contributed by atoms with Gasteiger partial charge in [0, 0.05) is 31.7 Å². The van der Waals surface area contributed by atoms with Gasteiger partial charge in [0.2, 0.25) is 0 Å². The van der Waals surface area contributed by atoms with Gasteiger partial charge in [0.1, 0.15) is 0 Å². The van der Waals surface area contributed by atoms with E-state index in [1.165, 1.54) is 48.4 Å². The van der Waals surface area contributed by atoms with Crippen molar-refractivity contribution < 1.29 is 0 Å². The van der Waals surface area contributed by atoms with Gasteiger partial charge in [0.15, 0.2) is 0 Å². The number of aromatic nitrogens is 3. The first kappa shape index (κ1) is 23.5. The van der Waals surface area contributed by atoms with E-state index in [9.17, 15) is 0 Å². The van der Waals surface area contributed by atoms with Crippen LogP contribution in [0.3, 0.4) is 0 Å². The Labute approximate surface area is 247 Å². The highest BCUT2D eigenvalue weighted by Gasteiger charge is 2.24.